The van der Waals surface area contributed by atoms with Crippen LogP contribution in [0.4, 0.5) is 0 Å². The van der Waals surface area contributed by atoms with Crippen molar-refractivity contribution in [2.75, 3.05) is 26.2 Å². The minimum atomic E-state index is 0.868. The first kappa shape index (κ1) is 12.9. The Labute approximate surface area is 108 Å². The number of hydrogen-bond donors (Lipinski definition) is 1. The average Bonchev–Trinajstić information content (AvgIpc) is 2.68. The van der Waals surface area contributed by atoms with Gasteiger partial charge in [-0.2, -0.15) is 5.10 Å². The van der Waals surface area contributed by atoms with Crippen LogP contribution in [-0.4, -0.2) is 40.9 Å². The molecule has 5 heteroatoms. The predicted molar refractivity (Wildman–Crippen MR) is 70.4 cm³/mol. The molecule has 1 saturated heterocycles. The van der Waals surface area contributed by atoms with Gasteiger partial charge in [0.15, 0.2) is 0 Å². The first-order valence-corrected chi connectivity index (χ1v) is 6.81. The lowest BCUT2D eigenvalue weighted by atomic mass is 10.2. The molecule has 2 rings (SSSR count). The zero-order chi connectivity index (χ0) is 12.3. The first-order chi connectivity index (χ1) is 8.26. The number of nitrogens with zero attached hydrogens (tertiary/aromatic N) is 3. The third-order valence-corrected chi connectivity index (χ3v) is 3.71. The maximum Gasteiger partial charge on any atom is 0.0863 e. The van der Waals surface area contributed by atoms with Crippen molar-refractivity contribution < 1.29 is 0 Å². The van der Waals surface area contributed by atoms with Crippen LogP contribution in [0.5, 0.6) is 0 Å². The van der Waals surface area contributed by atoms with Crippen molar-refractivity contribution in [3.05, 3.63) is 16.4 Å². The SMILES string of the molecule is CCc1nn(CC)c(CN2CCNCC2)c1Cl. The lowest BCUT2D eigenvalue weighted by molar-refractivity contribution is 0.227. The Morgan fingerprint density at radius 3 is 2.59 bits per heavy atom. The van der Waals surface area contributed by atoms with Crippen LogP contribution >= 0.6 is 11.6 Å². The van der Waals surface area contributed by atoms with E-state index >= 15 is 0 Å². The molecule has 0 amide bonds. The molecule has 0 radical (unpaired) electrons. The molecule has 0 aliphatic carbocycles. The summed E-state index contributed by atoms with van der Waals surface area (Å²) in [7, 11) is 0. The van der Waals surface area contributed by atoms with Crippen molar-refractivity contribution in [3.8, 4) is 0 Å². The van der Waals surface area contributed by atoms with Crippen LogP contribution in [0.3, 0.4) is 0 Å². The molecule has 4 nitrogen and oxygen atoms in total. The van der Waals surface area contributed by atoms with Crippen LogP contribution in [0.25, 0.3) is 0 Å². The summed E-state index contributed by atoms with van der Waals surface area (Å²) < 4.78 is 2.04. The Morgan fingerprint density at radius 2 is 2.00 bits per heavy atom. The molecule has 0 aromatic carbocycles. The Bertz CT molecular complexity index is 369. The van der Waals surface area contributed by atoms with Crippen LogP contribution < -0.4 is 5.32 Å². The molecule has 1 aliphatic rings. The van der Waals surface area contributed by atoms with Crippen LogP contribution in [0, 0.1) is 0 Å². The Kier molecular flexibility index (Phi) is 4.42. The fourth-order valence-electron chi connectivity index (χ4n) is 2.25. The summed E-state index contributed by atoms with van der Waals surface area (Å²) in [6.07, 6.45) is 0.903. The van der Waals surface area contributed by atoms with E-state index in [-0.39, 0.29) is 0 Å². The highest BCUT2D eigenvalue weighted by Crippen LogP contribution is 2.23. The van der Waals surface area contributed by atoms with Gasteiger partial charge in [-0.1, -0.05) is 18.5 Å². The molecule has 1 fully saturated rings. The largest absolute Gasteiger partial charge is 0.314 e. The van der Waals surface area contributed by atoms with E-state index in [9.17, 15) is 0 Å². The van der Waals surface area contributed by atoms with Crippen molar-refractivity contribution in [2.24, 2.45) is 0 Å². The fourth-order valence-corrected chi connectivity index (χ4v) is 2.58. The molecule has 0 bridgehead atoms. The molecule has 96 valence electrons. The average molecular weight is 257 g/mol. The van der Waals surface area contributed by atoms with Gasteiger partial charge in [-0.25, -0.2) is 0 Å². The zero-order valence-electron chi connectivity index (χ0n) is 10.7. The van der Waals surface area contributed by atoms with E-state index in [0.29, 0.717) is 0 Å². The molecule has 17 heavy (non-hydrogen) atoms. The van der Waals surface area contributed by atoms with Gasteiger partial charge in [-0.3, -0.25) is 9.58 Å². The Hall–Kier alpha value is -0.580. The lowest BCUT2D eigenvalue weighted by Crippen LogP contribution is -2.43. The highest BCUT2D eigenvalue weighted by Gasteiger charge is 2.18. The Morgan fingerprint density at radius 1 is 1.29 bits per heavy atom. The van der Waals surface area contributed by atoms with Crippen molar-refractivity contribution >= 4 is 11.6 Å². The number of halogens is 1. The van der Waals surface area contributed by atoms with Gasteiger partial charge in [-0.05, 0) is 13.3 Å². The van der Waals surface area contributed by atoms with E-state index in [2.05, 4.69) is 29.2 Å². The molecule has 0 unspecified atom stereocenters. The maximum absolute atomic E-state index is 6.40. The predicted octanol–water partition coefficient (Wildman–Crippen LogP) is 1.52. The van der Waals surface area contributed by atoms with Gasteiger partial charge in [-0.15, -0.1) is 0 Å². The lowest BCUT2D eigenvalue weighted by Gasteiger charge is -2.27. The van der Waals surface area contributed by atoms with Gasteiger partial charge >= 0.3 is 0 Å². The first-order valence-electron chi connectivity index (χ1n) is 6.43. The van der Waals surface area contributed by atoms with Crippen molar-refractivity contribution in [3.63, 3.8) is 0 Å². The quantitative estimate of drug-likeness (QED) is 0.887. The maximum atomic E-state index is 6.40. The van der Waals surface area contributed by atoms with Gasteiger partial charge in [0, 0.05) is 39.3 Å². The molecule has 2 heterocycles. The van der Waals surface area contributed by atoms with E-state index in [4.69, 9.17) is 11.6 Å². The summed E-state index contributed by atoms with van der Waals surface area (Å²) >= 11 is 6.40. The second kappa shape index (κ2) is 5.85. The molecule has 0 spiro atoms. The highest BCUT2D eigenvalue weighted by molar-refractivity contribution is 6.31. The van der Waals surface area contributed by atoms with Gasteiger partial charge in [0.25, 0.3) is 0 Å². The van der Waals surface area contributed by atoms with Gasteiger partial charge in [0.2, 0.25) is 0 Å². The molecule has 1 aromatic rings. The van der Waals surface area contributed by atoms with Crippen LogP contribution in [0.15, 0.2) is 0 Å². The summed E-state index contributed by atoms with van der Waals surface area (Å²) in [6, 6.07) is 0. The number of hydrogen-bond acceptors (Lipinski definition) is 3. The van der Waals surface area contributed by atoms with E-state index in [0.717, 1.165) is 56.4 Å². The summed E-state index contributed by atoms with van der Waals surface area (Å²) in [5.41, 5.74) is 2.20. The second-order valence-electron chi connectivity index (χ2n) is 4.40. The zero-order valence-corrected chi connectivity index (χ0v) is 11.4. The van der Waals surface area contributed by atoms with Crippen molar-refractivity contribution in [1.29, 1.82) is 0 Å². The molecule has 0 saturated carbocycles. The third-order valence-electron chi connectivity index (χ3n) is 3.28. The van der Waals surface area contributed by atoms with Crippen molar-refractivity contribution in [2.45, 2.75) is 33.4 Å². The fraction of sp³-hybridized carbons (Fsp3) is 0.750. The van der Waals surface area contributed by atoms with Crippen LogP contribution in [0.1, 0.15) is 25.2 Å². The van der Waals surface area contributed by atoms with E-state index < -0.39 is 0 Å². The molecule has 0 atom stereocenters. The van der Waals surface area contributed by atoms with Gasteiger partial charge in [0.1, 0.15) is 0 Å². The number of aryl methyl sites for hydroxylation is 2. The van der Waals surface area contributed by atoms with Crippen molar-refractivity contribution in [1.82, 2.24) is 20.0 Å². The normalized spacial score (nSPS) is 17.6. The minimum absolute atomic E-state index is 0.868. The van der Waals surface area contributed by atoms with E-state index in [1.807, 2.05) is 4.68 Å². The van der Waals surface area contributed by atoms with Gasteiger partial charge in [0.05, 0.1) is 16.4 Å². The molecule has 1 N–H and O–H groups in total. The second-order valence-corrected chi connectivity index (χ2v) is 4.78. The van der Waals surface area contributed by atoms with Crippen LogP contribution in [0.2, 0.25) is 5.02 Å². The van der Waals surface area contributed by atoms with E-state index in [1.165, 1.54) is 5.69 Å². The van der Waals surface area contributed by atoms with Gasteiger partial charge < -0.3 is 5.32 Å². The number of rotatable bonds is 4. The topological polar surface area (TPSA) is 33.1 Å². The summed E-state index contributed by atoms with van der Waals surface area (Å²) in [4.78, 5) is 2.44. The number of aromatic nitrogens is 2. The summed E-state index contributed by atoms with van der Waals surface area (Å²) in [6.45, 7) is 10.3. The summed E-state index contributed by atoms with van der Waals surface area (Å²) in [5, 5.41) is 8.79. The molecular formula is C12H21ClN4. The molecule has 1 aliphatic heterocycles. The highest BCUT2D eigenvalue weighted by atomic mass is 35.5. The Balaban J connectivity index is 2.15. The number of nitrogens with one attached hydrogen (secondary N) is 1. The summed E-state index contributed by atoms with van der Waals surface area (Å²) in [5.74, 6) is 0. The monoisotopic (exact) mass is 256 g/mol. The third kappa shape index (κ3) is 2.81. The standard InChI is InChI=1S/C12H21ClN4/c1-3-10-12(13)11(17(4-2)15-10)9-16-7-5-14-6-8-16/h14H,3-9H2,1-2H3. The number of piperazine rings is 1. The molecular weight excluding hydrogens is 236 g/mol. The minimum Gasteiger partial charge on any atom is -0.314 e. The molecule has 1 aromatic heterocycles. The van der Waals surface area contributed by atoms with Crippen LogP contribution in [-0.2, 0) is 19.5 Å². The van der Waals surface area contributed by atoms with E-state index in [1.54, 1.807) is 0 Å². The smallest absolute Gasteiger partial charge is 0.0863 e.